The van der Waals surface area contributed by atoms with Crippen molar-refractivity contribution in [2.24, 2.45) is 14.1 Å². The summed E-state index contributed by atoms with van der Waals surface area (Å²) in [5, 5.41) is 7.17. The first-order valence-corrected chi connectivity index (χ1v) is 10.7. The number of fused-ring (bicyclic) bond motifs is 1. The summed E-state index contributed by atoms with van der Waals surface area (Å²) in [6.45, 7) is 1.95. The second-order valence-electron chi connectivity index (χ2n) is 8.05. The molecular weight excluding hydrogens is 444 g/mol. The Morgan fingerprint density at radius 2 is 1.71 bits per heavy atom. The van der Waals surface area contributed by atoms with Crippen LogP contribution in [0.2, 0.25) is 0 Å². The van der Waals surface area contributed by atoms with Crippen molar-refractivity contribution >= 4 is 16.9 Å². The van der Waals surface area contributed by atoms with Gasteiger partial charge in [-0.1, -0.05) is 6.92 Å². The Labute approximate surface area is 193 Å². The van der Waals surface area contributed by atoms with Gasteiger partial charge in [0.25, 0.3) is 11.5 Å². The van der Waals surface area contributed by atoms with Crippen LogP contribution in [0.5, 0.6) is 0 Å². The summed E-state index contributed by atoms with van der Waals surface area (Å²) in [4.78, 5) is 37.4. The van der Waals surface area contributed by atoms with Gasteiger partial charge in [0.2, 0.25) is 0 Å². The molecule has 0 unspecified atom stereocenters. The number of nitrogens with one attached hydrogen (secondary N) is 1. The maximum atomic E-state index is 13.6. The zero-order valence-corrected chi connectivity index (χ0v) is 18.9. The molecule has 0 spiro atoms. The Balaban J connectivity index is 1.57. The second kappa shape index (κ2) is 9.05. The fourth-order valence-electron chi connectivity index (χ4n) is 3.79. The van der Waals surface area contributed by atoms with E-state index in [-0.39, 0.29) is 23.7 Å². The molecular formula is C24H23F2N5O3. The summed E-state index contributed by atoms with van der Waals surface area (Å²) >= 11 is 0. The van der Waals surface area contributed by atoms with Gasteiger partial charge >= 0.3 is 5.69 Å². The van der Waals surface area contributed by atoms with E-state index in [2.05, 4.69) is 10.4 Å². The molecule has 0 saturated heterocycles. The van der Waals surface area contributed by atoms with Crippen molar-refractivity contribution in [2.45, 2.75) is 25.9 Å². The van der Waals surface area contributed by atoms with Crippen molar-refractivity contribution in [3.63, 3.8) is 0 Å². The molecule has 1 atom stereocenters. The van der Waals surface area contributed by atoms with Crippen LogP contribution in [0.1, 0.15) is 23.7 Å². The lowest BCUT2D eigenvalue weighted by Gasteiger charge is -2.18. The van der Waals surface area contributed by atoms with Crippen LogP contribution in [-0.4, -0.2) is 30.9 Å². The number of hydrogen-bond donors (Lipinski definition) is 1. The number of halogens is 2. The summed E-state index contributed by atoms with van der Waals surface area (Å²) in [6, 6.07) is 10.7. The lowest BCUT2D eigenvalue weighted by molar-refractivity contribution is 0.0930. The molecule has 0 aliphatic rings. The Morgan fingerprint density at radius 1 is 0.971 bits per heavy atom. The van der Waals surface area contributed by atoms with Gasteiger partial charge in [-0.15, -0.1) is 0 Å². The van der Waals surface area contributed by atoms with Crippen LogP contribution in [0.25, 0.3) is 22.3 Å². The van der Waals surface area contributed by atoms with Gasteiger partial charge in [0, 0.05) is 37.3 Å². The Bertz CT molecular complexity index is 1520. The van der Waals surface area contributed by atoms with E-state index in [0.29, 0.717) is 34.3 Å². The van der Waals surface area contributed by atoms with Crippen LogP contribution >= 0.6 is 0 Å². The summed E-state index contributed by atoms with van der Waals surface area (Å²) in [7, 11) is 3.30. The van der Waals surface area contributed by atoms with Gasteiger partial charge in [-0.25, -0.2) is 18.3 Å². The maximum Gasteiger partial charge on any atom is 0.328 e. The molecule has 4 aromatic rings. The predicted octanol–water partition coefficient (Wildman–Crippen LogP) is 2.59. The normalized spacial score (nSPS) is 12.1. The van der Waals surface area contributed by atoms with Gasteiger partial charge < -0.3 is 5.32 Å². The highest BCUT2D eigenvalue weighted by Gasteiger charge is 2.17. The molecule has 0 aliphatic carbocycles. The van der Waals surface area contributed by atoms with E-state index in [1.54, 1.807) is 32.3 Å². The molecule has 2 heterocycles. The highest BCUT2D eigenvalue weighted by molar-refractivity contribution is 5.97. The van der Waals surface area contributed by atoms with E-state index in [4.69, 9.17) is 0 Å². The van der Waals surface area contributed by atoms with Crippen LogP contribution < -0.4 is 16.6 Å². The number of aromatic nitrogens is 4. The van der Waals surface area contributed by atoms with Gasteiger partial charge in [-0.3, -0.25) is 18.7 Å². The highest BCUT2D eigenvalue weighted by Crippen LogP contribution is 2.19. The van der Waals surface area contributed by atoms with Gasteiger partial charge in [-0.2, -0.15) is 5.10 Å². The van der Waals surface area contributed by atoms with E-state index in [0.717, 1.165) is 12.1 Å². The van der Waals surface area contributed by atoms with Crippen molar-refractivity contribution in [1.29, 1.82) is 0 Å². The van der Waals surface area contributed by atoms with Gasteiger partial charge in [0.15, 0.2) is 11.6 Å². The minimum Gasteiger partial charge on any atom is -0.347 e. The largest absolute Gasteiger partial charge is 0.347 e. The second-order valence-corrected chi connectivity index (χ2v) is 8.05. The standard InChI is InChI=1S/C24H23F2N5O3/c1-4-16(27-23(33)15-6-9-20-21(12-15)30(3)24(34)29(20)2)13-31-22(32)10-8-19(28-31)14-5-7-17(25)18(26)11-14/h5-12,16H,4,13H2,1-3H3,(H,27,33)/t16-/m1/s1. The molecule has 34 heavy (non-hydrogen) atoms. The van der Waals surface area contributed by atoms with Crippen LogP contribution in [0.3, 0.4) is 0 Å². The SMILES string of the molecule is CC[C@H](Cn1nc(-c2ccc(F)c(F)c2)ccc1=O)NC(=O)c1ccc2c(c1)n(C)c(=O)n2C. The molecule has 8 nitrogen and oxygen atoms in total. The number of nitrogens with zero attached hydrogens (tertiary/aromatic N) is 4. The van der Waals surface area contributed by atoms with E-state index >= 15 is 0 Å². The third-order valence-corrected chi connectivity index (χ3v) is 5.84. The molecule has 1 amide bonds. The van der Waals surface area contributed by atoms with Crippen LogP contribution in [0.15, 0.2) is 58.1 Å². The van der Waals surface area contributed by atoms with Crippen molar-refractivity contribution in [3.8, 4) is 11.3 Å². The van der Waals surface area contributed by atoms with E-state index in [1.165, 1.54) is 32.0 Å². The molecule has 4 rings (SSSR count). The zero-order valence-electron chi connectivity index (χ0n) is 18.9. The number of amides is 1. The molecule has 2 aromatic heterocycles. The summed E-state index contributed by atoms with van der Waals surface area (Å²) < 4.78 is 31.0. The van der Waals surface area contributed by atoms with Crippen molar-refractivity contribution in [3.05, 3.63) is 86.6 Å². The minimum absolute atomic E-state index is 0.0880. The third kappa shape index (κ3) is 4.26. The van der Waals surface area contributed by atoms with Crippen molar-refractivity contribution < 1.29 is 13.6 Å². The van der Waals surface area contributed by atoms with Gasteiger partial charge in [0.1, 0.15) is 0 Å². The van der Waals surface area contributed by atoms with Gasteiger partial charge in [0.05, 0.1) is 23.3 Å². The molecule has 10 heteroatoms. The first kappa shape index (κ1) is 23.1. The molecule has 0 bridgehead atoms. The molecule has 176 valence electrons. The maximum absolute atomic E-state index is 13.6. The average molecular weight is 467 g/mol. The average Bonchev–Trinajstić information content (AvgIpc) is 3.05. The van der Waals surface area contributed by atoms with Crippen LogP contribution in [0.4, 0.5) is 8.78 Å². The summed E-state index contributed by atoms with van der Waals surface area (Å²) in [6.07, 6.45) is 0.515. The third-order valence-electron chi connectivity index (χ3n) is 5.84. The summed E-state index contributed by atoms with van der Waals surface area (Å²) in [5.74, 6) is -2.34. The number of imidazole rings is 1. The van der Waals surface area contributed by atoms with Crippen LogP contribution in [0, 0.1) is 11.6 Å². The first-order chi connectivity index (χ1) is 16.2. The zero-order chi connectivity index (χ0) is 24.6. The topological polar surface area (TPSA) is 90.9 Å². The molecule has 2 aromatic carbocycles. The van der Waals surface area contributed by atoms with Crippen LogP contribution in [-0.2, 0) is 20.6 Å². The first-order valence-electron chi connectivity index (χ1n) is 10.7. The molecule has 0 aliphatic heterocycles. The molecule has 0 fully saturated rings. The number of aryl methyl sites for hydroxylation is 2. The Kier molecular flexibility index (Phi) is 6.14. The monoisotopic (exact) mass is 467 g/mol. The van der Waals surface area contributed by atoms with Gasteiger partial charge in [-0.05, 0) is 48.9 Å². The predicted molar refractivity (Wildman–Crippen MR) is 124 cm³/mol. The number of benzene rings is 2. The molecule has 0 radical (unpaired) electrons. The number of carbonyl (C=O) groups excluding carboxylic acids is 1. The highest BCUT2D eigenvalue weighted by atomic mass is 19.2. The number of rotatable bonds is 6. The smallest absolute Gasteiger partial charge is 0.328 e. The minimum atomic E-state index is -1.01. The lowest BCUT2D eigenvalue weighted by atomic mass is 10.1. The number of carbonyl (C=O) groups is 1. The Morgan fingerprint density at radius 3 is 2.41 bits per heavy atom. The fraction of sp³-hybridized carbons (Fsp3) is 0.250. The number of hydrogen-bond acceptors (Lipinski definition) is 4. The summed E-state index contributed by atoms with van der Waals surface area (Å²) in [5.41, 5.74) is 1.76. The van der Waals surface area contributed by atoms with E-state index < -0.39 is 17.7 Å². The quantitative estimate of drug-likeness (QED) is 0.472. The van der Waals surface area contributed by atoms with Crippen molar-refractivity contribution in [2.75, 3.05) is 0 Å². The van der Waals surface area contributed by atoms with E-state index in [1.807, 2.05) is 6.92 Å². The lowest BCUT2D eigenvalue weighted by Crippen LogP contribution is -2.40. The Hall–Kier alpha value is -4.08. The molecule has 0 saturated carbocycles. The fourth-order valence-corrected chi connectivity index (χ4v) is 3.79. The van der Waals surface area contributed by atoms with Crippen molar-refractivity contribution in [1.82, 2.24) is 24.2 Å². The molecule has 1 N–H and O–H groups in total. The van der Waals surface area contributed by atoms with E-state index in [9.17, 15) is 23.2 Å².